The molecule has 0 aromatic heterocycles. The van der Waals surface area contributed by atoms with Gasteiger partial charge in [0.1, 0.15) is 0 Å². The van der Waals surface area contributed by atoms with Gasteiger partial charge < -0.3 is 10.6 Å². The van der Waals surface area contributed by atoms with Crippen molar-refractivity contribution in [2.45, 2.75) is 26.3 Å². The highest BCUT2D eigenvalue weighted by Crippen LogP contribution is 2.21. The molecular formula is C14H20N2O3S. The minimum absolute atomic E-state index is 0.0634. The smallest absolute Gasteiger partial charge is 0.254 e. The lowest BCUT2D eigenvalue weighted by atomic mass is 10.1. The molecule has 1 atom stereocenters. The average Bonchev–Trinajstić information content (AvgIpc) is 2.74. The zero-order chi connectivity index (χ0) is 14.9. The minimum atomic E-state index is -3.00. The van der Waals surface area contributed by atoms with Crippen LogP contribution in [0.5, 0.6) is 0 Å². The van der Waals surface area contributed by atoms with E-state index >= 15 is 0 Å². The number of rotatable bonds is 3. The second-order valence-electron chi connectivity index (χ2n) is 5.22. The molecule has 20 heavy (non-hydrogen) atoms. The highest BCUT2D eigenvalue weighted by Gasteiger charge is 2.34. The maximum Gasteiger partial charge on any atom is 0.254 e. The van der Waals surface area contributed by atoms with Gasteiger partial charge in [0.2, 0.25) is 0 Å². The number of carbonyl (C=O) groups excluding carboxylic acids is 1. The molecule has 1 saturated heterocycles. The number of anilines is 1. The van der Waals surface area contributed by atoms with Crippen LogP contribution in [0.25, 0.3) is 0 Å². The van der Waals surface area contributed by atoms with Gasteiger partial charge in [-0.05, 0) is 38.0 Å². The highest BCUT2D eigenvalue weighted by molar-refractivity contribution is 7.91. The maximum atomic E-state index is 12.5. The Labute approximate surface area is 119 Å². The van der Waals surface area contributed by atoms with E-state index in [9.17, 15) is 13.2 Å². The number of nitrogens with two attached hydrogens (primary N) is 1. The van der Waals surface area contributed by atoms with Crippen molar-refractivity contribution in [3.8, 4) is 0 Å². The van der Waals surface area contributed by atoms with Crippen molar-refractivity contribution in [1.29, 1.82) is 0 Å². The second kappa shape index (κ2) is 5.44. The molecule has 0 bridgehead atoms. The SMILES string of the molecule is CCN(C(=O)c1ccc(C)c(N)c1)C1CCS(=O)(=O)C1. The summed E-state index contributed by atoms with van der Waals surface area (Å²) in [5.74, 6) is 0.0760. The van der Waals surface area contributed by atoms with Crippen LogP contribution >= 0.6 is 0 Å². The van der Waals surface area contributed by atoms with Gasteiger partial charge in [-0.1, -0.05) is 6.07 Å². The van der Waals surface area contributed by atoms with E-state index in [2.05, 4.69) is 0 Å². The van der Waals surface area contributed by atoms with Crippen molar-refractivity contribution in [2.24, 2.45) is 0 Å². The van der Waals surface area contributed by atoms with Gasteiger partial charge in [0.25, 0.3) is 5.91 Å². The molecule has 2 N–H and O–H groups in total. The van der Waals surface area contributed by atoms with Crippen LogP contribution in [0.4, 0.5) is 5.69 Å². The third-order valence-electron chi connectivity index (χ3n) is 3.78. The van der Waals surface area contributed by atoms with Crippen LogP contribution in [-0.2, 0) is 9.84 Å². The molecule has 0 aliphatic carbocycles. The fourth-order valence-electron chi connectivity index (χ4n) is 2.53. The van der Waals surface area contributed by atoms with Crippen molar-refractivity contribution in [1.82, 2.24) is 4.90 Å². The lowest BCUT2D eigenvalue weighted by Crippen LogP contribution is -2.41. The summed E-state index contributed by atoms with van der Waals surface area (Å²) < 4.78 is 23.1. The number of hydrogen-bond donors (Lipinski definition) is 1. The number of sulfone groups is 1. The quantitative estimate of drug-likeness (QED) is 0.851. The first kappa shape index (κ1) is 14.8. The van der Waals surface area contributed by atoms with Gasteiger partial charge in [0, 0.05) is 23.8 Å². The minimum Gasteiger partial charge on any atom is -0.398 e. The summed E-state index contributed by atoms with van der Waals surface area (Å²) in [5.41, 5.74) is 7.84. The largest absolute Gasteiger partial charge is 0.398 e. The molecule has 1 heterocycles. The molecule has 0 saturated carbocycles. The van der Waals surface area contributed by atoms with Gasteiger partial charge in [0.15, 0.2) is 9.84 Å². The lowest BCUT2D eigenvalue weighted by Gasteiger charge is -2.27. The molecule has 110 valence electrons. The fourth-order valence-corrected chi connectivity index (χ4v) is 4.26. The Balaban J connectivity index is 2.23. The Morgan fingerprint density at radius 3 is 2.65 bits per heavy atom. The number of hydrogen-bond acceptors (Lipinski definition) is 4. The van der Waals surface area contributed by atoms with E-state index in [-0.39, 0.29) is 23.5 Å². The Morgan fingerprint density at radius 1 is 1.45 bits per heavy atom. The number of carbonyl (C=O) groups is 1. The van der Waals surface area contributed by atoms with E-state index in [1.165, 1.54) is 0 Å². The van der Waals surface area contributed by atoms with Crippen LogP contribution in [0.2, 0.25) is 0 Å². The average molecular weight is 296 g/mol. The zero-order valence-corrected chi connectivity index (χ0v) is 12.6. The van der Waals surface area contributed by atoms with E-state index in [4.69, 9.17) is 5.73 Å². The first-order valence-electron chi connectivity index (χ1n) is 6.71. The number of aryl methyl sites for hydroxylation is 1. The fraction of sp³-hybridized carbons (Fsp3) is 0.500. The topological polar surface area (TPSA) is 80.5 Å². The Bertz CT molecular complexity index is 625. The molecule has 1 aromatic rings. The first-order valence-corrected chi connectivity index (χ1v) is 8.53. The highest BCUT2D eigenvalue weighted by atomic mass is 32.2. The predicted molar refractivity (Wildman–Crippen MR) is 79.4 cm³/mol. The van der Waals surface area contributed by atoms with E-state index in [0.717, 1.165) is 5.56 Å². The molecule has 1 aliphatic rings. The van der Waals surface area contributed by atoms with Crippen LogP contribution < -0.4 is 5.73 Å². The van der Waals surface area contributed by atoms with Gasteiger partial charge in [-0.3, -0.25) is 4.79 Å². The molecule has 5 nitrogen and oxygen atoms in total. The normalized spacial score (nSPS) is 20.8. The molecule has 0 radical (unpaired) electrons. The van der Waals surface area contributed by atoms with E-state index in [1.807, 2.05) is 19.9 Å². The van der Waals surface area contributed by atoms with Crippen molar-refractivity contribution < 1.29 is 13.2 Å². The van der Waals surface area contributed by atoms with Gasteiger partial charge >= 0.3 is 0 Å². The summed E-state index contributed by atoms with van der Waals surface area (Å²) in [7, 11) is -3.00. The summed E-state index contributed by atoms with van der Waals surface area (Å²) in [4.78, 5) is 14.1. The number of nitrogen functional groups attached to an aromatic ring is 1. The molecule has 1 aliphatic heterocycles. The Morgan fingerprint density at radius 2 is 2.15 bits per heavy atom. The van der Waals surface area contributed by atoms with Gasteiger partial charge in [-0.25, -0.2) is 8.42 Å². The molecule has 1 fully saturated rings. The van der Waals surface area contributed by atoms with Crippen LogP contribution in [0.1, 0.15) is 29.3 Å². The maximum absolute atomic E-state index is 12.5. The number of amides is 1. The van der Waals surface area contributed by atoms with Crippen molar-refractivity contribution in [3.63, 3.8) is 0 Å². The number of benzene rings is 1. The monoisotopic (exact) mass is 296 g/mol. The first-order chi connectivity index (χ1) is 9.34. The van der Waals surface area contributed by atoms with Crippen molar-refractivity contribution >= 4 is 21.4 Å². The third kappa shape index (κ3) is 2.95. The number of nitrogens with zero attached hydrogens (tertiary/aromatic N) is 1. The zero-order valence-electron chi connectivity index (χ0n) is 11.8. The van der Waals surface area contributed by atoms with Crippen molar-refractivity contribution in [2.75, 3.05) is 23.8 Å². The molecule has 0 spiro atoms. The summed E-state index contributed by atoms with van der Waals surface area (Å²) in [6.45, 7) is 4.23. The van der Waals surface area contributed by atoms with Crippen molar-refractivity contribution in [3.05, 3.63) is 29.3 Å². The third-order valence-corrected chi connectivity index (χ3v) is 5.53. The van der Waals surface area contributed by atoms with Gasteiger partial charge in [-0.15, -0.1) is 0 Å². The van der Waals surface area contributed by atoms with Crippen LogP contribution in [0.15, 0.2) is 18.2 Å². The molecule has 1 unspecified atom stereocenters. The van der Waals surface area contributed by atoms with Crippen LogP contribution in [0, 0.1) is 6.92 Å². The summed E-state index contributed by atoms with van der Waals surface area (Å²) in [5, 5.41) is 0. The molecule has 6 heteroatoms. The molecule has 1 aromatic carbocycles. The molecular weight excluding hydrogens is 276 g/mol. The predicted octanol–water partition coefficient (Wildman–Crippen LogP) is 1.23. The summed E-state index contributed by atoms with van der Waals surface area (Å²) in [6.07, 6.45) is 0.517. The summed E-state index contributed by atoms with van der Waals surface area (Å²) >= 11 is 0. The molecule has 1 amide bonds. The van der Waals surface area contributed by atoms with Crippen LogP contribution in [0.3, 0.4) is 0 Å². The van der Waals surface area contributed by atoms with E-state index in [0.29, 0.717) is 24.2 Å². The molecule has 2 rings (SSSR count). The Kier molecular flexibility index (Phi) is 4.04. The second-order valence-corrected chi connectivity index (χ2v) is 7.45. The van der Waals surface area contributed by atoms with E-state index in [1.54, 1.807) is 17.0 Å². The van der Waals surface area contributed by atoms with Gasteiger partial charge in [0.05, 0.1) is 11.5 Å². The lowest BCUT2D eigenvalue weighted by molar-refractivity contribution is 0.0708. The summed E-state index contributed by atoms with van der Waals surface area (Å²) in [6, 6.07) is 4.98. The Hall–Kier alpha value is -1.56. The standard InChI is InChI=1S/C14H20N2O3S/c1-3-16(12-6-7-20(18,19)9-12)14(17)11-5-4-10(2)13(15)8-11/h4-5,8,12H,3,6-7,9,15H2,1-2H3. The van der Waals surface area contributed by atoms with Gasteiger partial charge in [-0.2, -0.15) is 0 Å². The van der Waals surface area contributed by atoms with E-state index < -0.39 is 9.84 Å². The van der Waals surface area contributed by atoms with Crippen LogP contribution in [-0.4, -0.2) is 43.3 Å².